The number of aliphatic hydroxyl groups excluding tert-OH is 1. The summed E-state index contributed by atoms with van der Waals surface area (Å²) in [5.74, 6) is 1.35. The van der Waals surface area contributed by atoms with E-state index in [0.29, 0.717) is 6.42 Å². The average molecular weight is 388 g/mol. The number of nitrogens with zero attached hydrogens (tertiary/aromatic N) is 2. The van der Waals surface area contributed by atoms with E-state index in [4.69, 9.17) is 9.47 Å². The van der Waals surface area contributed by atoms with E-state index >= 15 is 0 Å². The first-order valence-corrected chi connectivity index (χ1v) is 9.65. The van der Waals surface area contributed by atoms with E-state index in [0.717, 1.165) is 55.3 Å². The zero-order valence-corrected chi connectivity index (χ0v) is 16.6. The Labute approximate surface area is 166 Å². The van der Waals surface area contributed by atoms with Crippen LogP contribution in [0.25, 0.3) is 0 Å². The summed E-state index contributed by atoms with van der Waals surface area (Å²) in [5.41, 5.74) is 2.10. The predicted molar refractivity (Wildman–Crippen MR) is 107 cm³/mol. The number of benzene rings is 2. The van der Waals surface area contributed by atoms with Gasteiger partial charge in [-0.05, 0) is 41.8 Å². The minimum Gasteiger partial charge on any atom is -0.497 e. The maximum atomic E-state index is 13.5. The van der Waals surface area contributed by atoms with E-state index in [1.807, 2.05) is 24.3 Å². The number of piperazine rings is 1. The minimum atomic E-state index is -0.199. The first-order valence-electron chi connectivity index (χ1n) is 9.65. The van der Waals surface area contributed by atoms with Gasteiger partial charge >= 0.3 is 0 Å². The topological polar surface area (TPSA) is 45.2 Å². The second-order valence-corrected chi connectivity index (χ2v) is 7.22. The Kier molecular flexibility index (Phi) is 7.25. The quantitative estimate of drug-likeness (QED) is 0.753. The molecule has 2 aromatic carbocycles. The molecule has 0 radical (unpaired) electrons. The lowest BCUT2D eigenvalue weighted by Gasteiger charge is -2.41. The van der Waals surface area contributed by atoms with E-state index < -0.39 is 0 Å². The maximum absolute atomic E-state index is 13.5. The van der Waals surface area contributed by atoms with Crippen LogP contribution in [0.15, 0.2) is 42.5 Å². The number of halogens is 1. The van der Waals surface area contributed by atoms with Crippen LogP contribution in [0.1, 0.15) is 17.5 Å². The molecule has 0 unspecified atom stereocenters. The van der Waals surface area contributed by atoms with E-state index in [1.165, 1.54) is 6.07 Å². The molecular formula is C22H29FN2O3. The molecule has 2 aromatic rings. The van der Waals surface area contributed by atoms with Crippen molar-refractivity contribution < 1.29 is 19.0 Å². The summed E-state index contributed by atoms with van der Waals surface area (Å²) in [6.07, 6.45) is 0.709. The Morgan fingerprint density at radius 2 is 1.75 bits per heavy atom. The molecule has 1 fully saturated rings. The van der Waals surface area contributed by atoms with Crippen LogP contribution in [0.3, 0.4) is 0 Å². The molecule has 0 bridgehead atoms. The maximum Gasteiger partial charge on any atom is 0.123 e. The van der Waals surface area contributed by atoms with E-state index in [-0.39, 0.29) is 18.5 Å². The minimum absolute atomic E-state index is 0.149. The van der Waals surface area contributed by atoms with Gasteiger partial charge in [-0.15, -0.1) is 0 Å². The molecule has 0 aromatic heterocycles. The molecule has 5 nitrogen and oxygen atoms in total. The highest BCUT2D eigenvalue weighted by Gasteiger charge is 2.27. The van der Waals surface area contributed by atoms with Gasteiger partial charge in [0.05, 0.1) is 14.2 Å². The standard InChI is InChI=1S/C22H29FN2O3/c1-27-21-11-18(12-22(13-21)28-2)15-25-8-7-24(16-20(25)6-9-26)14-17-4-3-5-19(23)10-17/h3-5,10-13,20,26H,6-9,14-16H2,1-2H3/t20-/m0/s1. The highest BCUT2D eigenvalue weighted by molar-refractivity contribution is 5.38. The van der Waals surface area contributed by atoms with Crippen LogP contribution in [-0.4, -0.2) is 61.4 Å². The summed E-state index contributed by atoms with van der Waals surface area (Å²) >= 11 is 0. The Morgan fingerprint density at radius 1 is 1.00 bits per heavy atom. The van der Waals surface area contributed by atoms with Crippen molar-refractivity contribution in [1.82, 2.24) is 9.80 Å². The van der Waals surface area contributed by atoms with E-state index in [9.17, 15) is 9.50 Å². The van der Waals surface area contributed by atoms with Crippen molar-refractivity contribution in [1.29, 1.82) is 0 Å². The van der Waals surface area contributed by atoms with Gasteiger partial charge in [-0.1, -0.05) is 12.1 Å². The highest BCUT2D eigenvalue weighted by atomic mass is 19.1. The van der Waals surface area contributed by atoms with Crippen molar-refractivity contribution in [2.24, 2.45) is 0 Å². The van der Waals surface area contributed by atoms with Crippen molar-refractivity contribution in [2.45, 2.75) is 25.6 Å². The fraction of sp³-hybridized carbons (Fsp3) is 0.455. The van der Waals surface area contributed by atoms with Crippen molar-refractivity contribution >= 4 is 0 Å². The molecule has 1 atom stereocenters. The molecule has 3 rings (SSSR count). The zero-order chi connectivity index (χ0) is 19.9. The predicted octanol–water partition coefficient (Wildman–Crippen LogP) is 2.91. The average Bonchev–Trinajstić information content (AvgIpc) is 2.70. The third kappa shape index (κ3) is 5.44. The molecule has 1 N–H and O–H groups in total. The summed E-state index contributed by atoms with van der Waals surface area (Å²) in [6.45, 7) is 4.28. The Balaban J connectivity index is 1.67. The highest BCUT2D eigenvalue weighted by Crippen LogP contribution is 2.25. The van der Waals surface area contributed by atoms with Crippen LogP contribution < -0.4 is 9.47 Å². The van der Waals surface area contributed by atoms with Gasteiger partial charge in [0, 0.05) is 51.4 Å². The number of methoxy groups -OCH3 is 2. The second-order valence-electron chi connectivity index (χ2n) is 7.22. The second kappa shape index (κ2) is 9.87. The summed E-state index contributed by atoms with van der Waals surface area (Å²) in [5, 5.41) is 9.54. The first kappa shape index (κ1) is 20.6. The van der Waals surface area contributed by atoms with Gasteiger partial charge in [0.25, 0.3) is 0 Å². The van der Waals surface area contributed by atoms with Crippen molar-refractivity contribution in [2.75, 3.05) is 40.5 Å². The Bertz CT molecular complexity index is 749. The van der Waals surface area contributed by atoms with Gasteiger partial charge in [0.1, 0.15) is 17.3 Å². The Hall–Kier alpha value is -2.15. The molecule has 1 saturated heterocycles. The molecule has 28 heavy (non-hydrogen) atoms. The van der Waals surface area contributed by atoms with Crippen LogP contribution >= 0.6 is 0 Å². The summed E-state index contributed by atoms with van der Waals surface area (Å²) in [4.78, 5) is 4.73. The van der Waals surface area contributed by atoms with Crippen LogP contribution in [0.5, 0.6) is 11.5 Å². The molecule has 0 spiro atoms. The van der Waals surface area contributed by atoms with Crippen LogP contribution in [0.4, 0.5) is 4.39 Å². The van der Waals surface area contributed by atoms with Gasteiger partial charge in [-0.3, -0.25) is 9.80 Å². The smallest absolute Gasteiger partial charge is 0.123 e. The lowest BCUT2D eigenvalue weighted by Crippen LogP contribution is -2.52. The number of hydrogen-bond acceptors (Lipinski definition) is 5. The van der Waals surface area contributed by atoms with Crippen molar-refractivity contribution in [3.63, 3.8) is 0 Å². The molecule has 0 aliphatic carbocycles. The van der Waals surface area contributed by atoms with Crippen LogP contribution in [0, 0.1) is 5.82 Å². The van der Waals surface area contributed by atoms with E-state index in [2.05, 4.69) is 9.80 Å². The largest absolute Gasteiger partial charge is 0.497 e. The molecule has 1 heterocycles. The fourth-order valence-electron chi connectivity index (χ4n) is 3.82. The molecule has 152 valence electrons. The zero-order valence-electron chi connectivity index (χ0n) is 16.6. The molecular weight excluding hydrogens is 359 g/mol. The molecule has 0 saturated carbocycles. The number of aliphatic hydroxyl groups is 1. The normalized spacial score (nSPS) is 18.2. The number of rotatable bonds is 8. The van der Waals surface area contributed by atoms with E-state index in [1.54, 1.807) is 26.4 Å². The fourth-order valence-corrected chi connectivity index (χ4v) is 3.82. The van der Waals surface area contributed by atoms with Crippen molar-refractivity contribution in [3.05, 3.63) is 59.4 Å². The van der Waals surface area contributed by atoms with Gasteiger partial charge in [0.15, 0.2) is 0 Å². The SMILES string of the molecule is COc1cc(CN2CCN(Cc3cccc(F)c3)C[C@@H]2CCO)cc(OC)c1. The molecule has 1 aliphatic rings. The monoisotopic (exact) mass is 388 g/mol. The van der Waals surface area contributed by atoms with Crippen LogP contribution in [-0.2, 0) is 13.1 Å². The lowest BCUT2D eigenvalue weighted by molar-refractivity contribution is 0.0498. The molecule has 6 heteroatoms. The molecule has 1 aliphatic heterocycles. The Morgan fingerprint density at radius 3 is 2.39 bits per heavy atom. The lowest BCUT2D eigenvalue weighted by atomic mass is 10.1. The van der Waals surface area contributed by atoms with Crippen molar-refractivity contribution in [3.8, 4) is 11.5 Å². The first-order chi connectivity index (χ1) is 13.6. The number of hydrogen-bond donors (Lipinski definition) is 1. The van der Waals surface area contributed by atoms with Crippen LogP contribution in [0.2, 0.25) is 0 Å². The van der Waals surface area contributed by atoms with Gasteiger partial charge in [-0.2, -0.15) is 0 Å². The van der Waals surface area contributed by atoms with Gasteiger partial charge in [0.2, 0.25) is 0 Å². The number of ether oxygens (including phenoxy) is 2. The molecule has 0 amide bonds. The summed E-state index contributed by atoms with van der Waals surface area (Å²) < 4.78 is 24.2. The third-order valence-corrected chi connectivity index (χ3v) is 5.24. The summed E-state index contributed by atoms with van der Waals surface area (Å²) in [6, 6.07) is 12.9. The van der Waals surface area contributed by atoms with Gasteiger partial charge < -0.3 is 14.6 Å². The third-order valence-electron chi connectivity index (χ3n) is 5.24. The summed E-state index contributed by atoms with van der Waals surface area (Å²) in [7, 11) is 3.30. The van der Waals surface area contributed by atoms with Gasteiger partial charge in [-0.25, -0.2) is 4.39 Å².